The molecular formula is C13H11FN2O5. The van der Waals surface area contributed by atoms with Gasteiger partial charge in [-0.1, -0.05) is 12.1 Å². The summed E-state index contributed by atoms with van der Waals surface area (Å²) in [6, 6.07) is 3.73. The molecule has 0 spiro atoms. The molecule has 7 nitrogen and oxygen atoms in total. The maximum absolute atomic E-state index is 12.9. The van der Waals surface area contributed by atoms with E-state index in [9.17, 15) is 23.6 Å². The lowest BCUT2D eigenvalue weighted by molar-refractivity contribution is -0.148. The minimum absolute atomic E-state index is 0.223. The first kappa shape index (κ1) is 14.6. The molecule has 0 radical (unpaired) electrons. The molecule has 1 fully saturated rings. The van der Waals surface area contributed by atoms with Gasteiger partial charge in [-0.25, -0.2) is 9.18 Å². The van der Waals surface area contributed by atoms with E-state index in [0.717, 1.165) is 19.2 Å². The number of nitrogens with one attached hydrogen (secondary N) is 1. The highest BCUT2D eigenvalue weighted by atomic mass is 19.1. The second-order valence-electron chi connectivity index (χ2n) is 4.28. The lowest BCUT2D eigenvalue weighted by Crippen LogP contribution is -2.58. The van der Waals surface area contributed by atoms with Crippen molar-refractivity contribution in [2.75, 3.05) is 13.7 Å². The molecule has 1 N–H and O–H groups in total. The number of hydrogen-bond acceptors (Lipinski definition) is 5. The highest BCUT2D eigenvalue weighted by Gasteiger charge is 2.42. The van der Waals surface area contributed by atoms with Gasteiger partial charge in [0.1, 0.15) is 18.3 Å². The normalized spacial score (nSPS) is 18.5. The molecule has 1 aliphatic rings. The quantitative estimate of drug-likeness (QED) is 0.633. The van der Waals surface area contributed by atoms with E-state index < -0.39 is 42.1 Å². The molecule has 8 heteroatoms. The van der Waals surface area contributed by atoms with Crippen LogP contribution < -0.4 is 5.32 Å². The van der Waals surface area contributed by atoms with Crippen LogP contribution in [0.3, 0.4) is 0 Å². The third-order valence-corrected chi connectivity index (χ3v) is 2.97. The lowest BCUT2D eigenvalue weighted by atomic mass is 9.95. The van der Waals surface area contributed by atoms with Crippen molar-refractivity contribution in [1.82, 2.24) is 10.2 Å². The van der Waals surface area contributed by atoms with Crippen LogP contribution >= 0.6 is 0 Å². The summed E-state index contributed by atoms with van der Waals surface area (Å²) < 4.78 is 17.3. The number of halogens is 1. The van der Waals surface area contributed by atoms with Gasteiger partial charge in [0, 0.05) is 0 Å². The van der Waals surface area contributed by atoms with Crippen LogP contribution in [0.2, 0.25) is 0 Å². The summed E-state index contributed by atoms with van der Waals surface area (Å²) in [5, 5.41) is 1.98. The van der Waals surface area contributed by atoms with Gasteiger partial charge in [-0.15, -0.1) is 0 Å². The summed E-state index contributed by atoms with van der Waals surface area (Å²) in [6.45, 7) is -0.605. The number of ether oxygens (including phenoxy) is 1. The number of carbonyl (C=O) groups is 4. The SMILES string of the molecule is COC(=O)CN1C(=O)NC(=O)C(c2ccc(F)cc2)C1=O. The topological polar surface area (TPSA) is 92.8 Å². The summed E-state index contributed by atoms with van der Waals surface area (Å²) in [5.41, 5.74) is 0.223. The Labute approximate surface area is 118 Å². The van der Waals surface area contributed by atoms with Crippen molar-refractivity contribution < 1.29 is 28.3 Å². The van der Waals surface area contributed by atoms with Crippen LogP contribution in [-0.2, 0) is 19.1 Å². The molecule has 110 valence electrons. The van der Waals surface area contributed by atoms with Crippen molar-refractivity contribution in [1.29, 1.82) is 0 Å². The van der Waals surface area contributed by atoms with Crippen molar-refractivity contribution in [3.05, 3.63) is 35.6 Å². The van der Waals surface area contributed by atoms with Crippen LogP contribution in [0.4, 0.5) is 9.18 Å². The number of carbonyl (C=O) groups excluding carboxylic acids is 4. The van der Waals surface area contributed by atoms with E-state index in [4.69, 9.17) is 0 Å². The van der Waals surface area contributed by atoms with E-state index in [-0.39, 0.29) is 5.56 Å². The zero-order chi connectivity index (χ0) is 15.6. The van der Waals surface area contributed by atoms with Gasteiger partial charge in [-0.05, 0) is 17.7 Å². The van der Waals surface area contributed by atoms with Crippen LogP contribution in [0.1, 0.15) is 11.5 Å². The number of barbiturate groups is 1. The second-order valence-corrected chi connectivity index (χ2v) is 4.28. The molecule has 21 heavy (non-hydrogen) atoms. The first-order valence-electron chi connectivity index (χ1n) is 5.92. The number of methoxy groups -OCH3 is 1. The molecule has 1 aliphatic heterocycles. The fourth-order valence-electron chi connectivity index (χ4n) is 1.91. The summed E-state index contributed by atoms with van der Waals surface area (Å²) in [4.78, 5) is 47.4. The first-order valence-corrected chi connectivity index (χ1v) is 5.92. The van der Waals surface area contributed by atoms with Crippen LogP contribution in [0.5, 0.6) is 0 Å². The Hall–Kier alpha value is -2.77. The van der Waals surface area contributed by atoms with Gasteiger partial charge >= 0.3 is 12.0 Å². The minimum atomic E-state index is -1.31. The molecule has 1 unspecified atom stereocenters. The van der Waals surface area contributed by atoms with E-state index in [2.05, 4.69) is 4.74 Å². The molecule has 0 aromatic heterocycles. The predicted octanol–water partition coefficient (Wildman–Crippen LogP) is 0.161. The number of nitrogens with zero attached hydrogens (tertiary/aromatic N) is 1. The van der Waals surface area contributed by atoms with E-state index in [0.29, 0.717) is 4.90 Å². The number of benzene rings is 1. The highest BCUT2D eigenvalue weighted by Crippen LogP contribution is 2.22. The third kappa shape index (κ3) is 2.88. The Kier molecular flexibility index (Phi) is 3.97. The molecular weight excluding hydrogens is 283 g/mol. The Balaban J connectivity index is 2.30. The van der Waals surface area contributed by atoms with Gasteiger partial charge in [-0.2, -0.15) is 0 Å². The standard InChI is InChI=1S/C13H11FN2O5/c1-21-9(17)6-16-12(19)10(11(18)15-13(16)20)7-2-4-8(14)5-3-7/h2-5,10H,6H2,1H3,(H,15,18,20). The Bertz CT molecular complexity index is 613. The summed E-state index contributed by atoms with van der Waals surface area (Å²) in [7, 11) is 1.11. The molecule has 1 saturated heterocycles. The highest BCUT2D eigenvalue weighted by molar-refractivity contribution is 6.20. The summed E-state index contributed by atoms with van der Waals surface area (Å²) in [6.07, 6.45) is 0. The van der Waals surface area contributed by atoms with Crippen molar-refractivity contribution in [3.8, 4) is 0 Å². The third-order valence-electron chi connectivity index (χ3n) is 2.97. The average Bonchev–Trinajstić information content (AvgIpc) is 2.45. The van der Waals surface area contributed by atoms with E-state index >= 15 is 0 Å². The predicted molar refractivity (Wildman–Crippen MR) is 66.4 cm³/mol. The van der Waals surface area contributed by atoms with Gasteiger partial charge in [0.05, 0.1) is 7.11 Å². The Morgan fingerprint density at radius 1 is 1.29 bits per heavy atom. The number of esters is 1. The summed E-state index contributed by atoms with van der Waals surface area (Å²) in [5.74, 6) is -4.32. The lowest BCUT2D eigenvalue weighted by Gasteiger charge is -2.29. The summed E-state index contributed by atoms with van der Waals surface area (Å²) >= 11 is 0. The van der Waals surface area contributed by atoms with Crippen molar-refractivity contribution in [2.24, 2.45) is 0 Å². The zero-order valence-electron chi connectivity index (χ0n) is 11.0. The largest absolute Gasteiger partial charge is 0.468 e. The molecule has 4 amide bonds. The molecule has 1 aromatic rings. The fraction of sp³-hybridized carbons (Fsp3) is 0.231. The Morgan fingerprint density at radius 3 is 2.48 bits per heavy atom. The van der Waals surface area contributed by atoms with E-state index in [1.807, 2.05) is 5.32 Å². The molecule has 2 rings (SSSR count). The van der Waals surface area contributed by atoms with Crippen LogP contribution in [-0.4, -0.2) is 42.4 Å². The maximum Gasteiger partial charge on any atom is 0.331 e. The zero-order valence-corrected chi connectivity index (χ0v) is 11.0. The van der Waals surface area contributed by atoms with Crippen LogP contribution in [0, 0.1) is 5.82 Å². The number of amides is 4. The van der Waals surface area contributed by atoms with Crippen LogP contribution in [0.15, 0.2) is 24.3 Å². The molecule has 1 atom stereocenters. The monoisotopic (exact) mass is 294 g/mol. The molecule has 0 bridgehead atoms. The average molecular weight is 294 g/mol. The van der Waals surface area contributed by atoms with Gasteiger partial charge in [0.25, 0.3) is 0 Å². The molecule has 0 aliphatic carbocycles. The number of imide groups is 2. The van der Waals surface area contributed by atoms with E-state index in [1.165, 1.54) is 12.1 Å². The maximum atomic E-state index is 12.9. The second kappa shape index (κ2) is 5.70. The molecule has 1 heterocycles. The van der Waals surface area contributed by atoms with Crippen molar-refractivity contribution in [2.45, 2.75) is 5.92 Å². The van der Waals surface area contributed by atoms with Gasteiger partial charge in [-0.3, -0.25) is 24.6 Å². The first-order chi connectivity index (χ1) is 9.93. The number of hydrogen-bond donors (Lipinski definition) is 1. The van der Waals surface area contributed by atoms with Crippen molar-refractivity contribution >= 4 is 23.8 Å². The Morgan fingerprint density at radius 2 is 1.90 bits per heavy atom. The van der Waals surface area contributed by atoms with E-state index in [1.54, 1.807) is 0 Å². The van der Waals surface area contributed by atoms with Gasteiger partial charge in [0.15, 0.2) is 0 Å². The number of rotatable bonds is 3. The van der Waals surface area contributed by atoms with Gasteiger partial charge in [0.2, 0.25) is 11.8 Å². The van der Waals surface area contributed by atoms with Crippen molar-refractivity contribution in [3.63, 3.8) is 0 Å². The van der Waals surface area contributed by atoms with Crippen LogP contribution in [0.25, 0.3) is 0 Å². The number of urea groups is 1. The minimum Gasteiger partial charge on any atom is -0.468 e. The smallest absolute Gasteiger partial charge is 0.331 e. The molecule has 0 saturated carbocycles. The molecule has 1 aromatic carbocycles. The fourth-order valence-corrected chi connectivity index (χ4v) is 1.91. The van der Waals surface area contributed by atoms with Gasteiger partial charge < -0.3 is 4.74 Å².